The van der Waals surface area contributed by atoms with Crippen molar-refractivity contribution in [2.24, 2.45) is 5.10 Å². The molecule has 3 aromatic carbocycles. The Bertz CT molecular complexity index is 1170. The minimum atomic E-state index is -0.573. The molecule has 0 saturated heterocycles. The van der Waals surface area contributed by atoms with E-state index in [-0.39, 0.29) is 12.1 Å². The summed E-state index contributed by atoms with van der Waals surface area (Å²) in [5.41, 5.74) is 3.45. The van der Waals surface area contributed by atoms with Gasteiger partial charge in [0.25, 0.3) is 11.8 Å². The van der Waals surface area contributed by atoms with Crippen LogP contribution in [0.2, 0.25) is 0 Å². The summed E-state index contributed by atoms with van der Waals surface area (Å²) >= 11 is 3.30. The van der Waals surface area contributed by atoms with Gasteiger partial charge < -0.3 is 10.1 Å². The van der Waals surface area contributed by atoms with Crippen LogP contribution in [-0.2, 0) is 4.79 Å². The van der Waals surface area contributed by atoms with E-state index in [2.05, 4.69) is 31.8 Å². The summed E-state index contributed by atoms with van der Waals surface area (Å²) in [7, 11) is 0. The maximum atomic E-state index is 13.1. The van der Waals surface area contributed by atoms with Crippen molar-refractivity contribution in [3.05, 3.63) is 99.8 Å². The van der Waals surface area contributed by atoms with Gasteiger partial charge in [0, 0.05) is 10.0 Å². The highest BCUT2D eigenvalue weighted by Gasteiger charge is 2.09. The molecule has 9 heteroatoms. The molecular weight excluding hydrogens is 481 g/mol. The van der Waals surface area contributed by atoms with Crippen LogP contribution >= 0.6 is 15.9 Å². The zero-order valence-electron chi connectivity index (χ0n) is 16.5. The fraction of sp³-hybridized carbons (Fsp3) is 0.0435. The summed E-state index contributed by atoms with van der Waals surface area (Å²) < 4.78 is 19.2. The second-order valence-electron chi connectivity index (χ2n) is 6.46. The number of hydrogen-bond acceptors (Lipinski definition) is 5. The number of esters is 1. The number of ether oxygens (including phenoxy) is 1. The molecule has 0 aliphatic rings. The van der Waals surface area contributed by atoms with Crippen LogP contribution in [0.3, 0.4) is 0 Å². The van der Waals surface area contributed by atoms with Gasteiger partial charge in [-0.05, 0) is 66.2 Å². The van der Waals surface area contributed by atoms with Gasteiger partial charge in [0.15, 0.2) is 0 Å². The van der Waals surface area contributed by atoms with E-state index < -0.39 is 23.6 Å². The van der Waals surface area contributed by atoms with Gasteiger partial charge in [-0.15, -0.1) is 0 Å². The highest BCUT2D eigenvalue weighted by atomic mass is 79.9. The van der Waals surface area contributed by atoms with Crippen molar-refractivity contribution in [1.29, 1.82) is 0 Å². The highest BCUT2D eigenvalue weighted by molar-refractivity contribution is 9.10. The van der Waals surface area contributed by atoms with E-state index in [1.54, 1.807) is 42.5 Å². The van der Waals surface area contributed by atoms with Crippen molar-refractivity contribution in [1.82, 2.24) is 10.7 Å². The van der Waals surface area contributed by atoms with Crippen LogP contribution in [0.1, 0.15) is 26.3 Å². The first kappa shape index (κ1) is 22.8. The number of rotatable bonds is 7. The van der Waals surface area contributed by atoms with E-state index in [1.807, 2.05) is 6.07 Å². The molecule has 3 rings (SSSR count). The van der Waals surface area contributed by atoms with Crippen molar-refractivity contribution in [2.75, 3.05) is 6.54 Å². The predicted molar refractivity (Wildman–Crippen MR) is 120 cm³/mol. The van der Waals surface area contributed by atoms with Crippen molar-refractivity contribution < 1.29 is 23.5 Å². The average Bonchev–Trinajstić information content (AvgIpc) is 2.78. The molecule has 0 bridgehead atoms. The summed E-state index contributed by atoms with van der Waals surface area (Å²) in [5.74, 6) is -1.79. The Labute approximate surface area is 191 Å². The molecule has 0 aromatic heterocycles. The maximum Gasteiger partial charge on any atom is 0.343 e. The molecule has 7 nitrogen and oxygen atoms in total. The lowest BCUT2D eigenvalue weighted by Gasteiger charge is -2.05. The van der Waals surface area contributed by atoms with E-state index >= 15 is 0 Å². The summed E-state index contributed by atoms with van der Waals surface area (Å²) in [5, 5.41) is 6.18. The molecule has 0 spiro atoms. The van der Waals surface area contributed by atoms with Gasteiger partial charge in [0.05, 0.1) is 18.3 Å². The average molecular weight is 498 g/mol. The van der Waals surface area contributed by atoms with Gasteiger partial charge in [-0.1, -0.05) is 28.1 Å². The number of hydrogen-bond donors (Lipinski definition) is 2. The zero-order valence-corrected chi connectivity index (χ0v) is 18.1. The molecule has 0 fully saturated rings. The van der Waals surface area contributed by atoms with Gasteiger partial charge in [-0.25, -0.2) is 14.6 Å². The van der Waals surface area contributed by atoms with E-state index in [4.69, 9.17) is 4.74 Å². The Morgan fingerprint density at radius 2 is 1.69 bits per heavy atom. The van der Waals surface area contributed by atoms with Crippen LogP contribution in [0.25, 0.3) is 0 Å². The zero-order chi connectivity index (χ0) is 22.9. The molecule has 2 N–H and O–H groups in total. The summed E-state index contributed by atoms with van der Waals surface area (Å²) in [6.45, 7) is -0.322. The van der Waals surface area contributed by atoms with Crippen molar-refractivity contribution >= 4 is 39.9 Å². The van der Waals surface area contributed by atoms with Crippen LogP contribution in [0, 0.1) is 5.82 Å². The monoisotopic (exact) mass is 497 g/mol. The lowest BCUT2D eigenvalue weighted by molar-refractivity contribution is -0.120. The van der Waals surface area contributed by atoms with Gasteiger partial charge in [-0.3, -0.25) is 9.59 Å². The van der Waals surface area contributed by atoms with Crippen LogP contribution in [-0.4, -0.2) is 30.5 Å². The molecule has 0 unspecified atom stereocenters. The fourth-order valence-corrected chi connectivity index (χ4v) is 2.91. The molecule has 0 atom stereocenters. The Morgan fingerprint density at radius 3 is 2.41 bits per heavy atom. The van der Waals surface area contributed by atoms with Crippen molar-refractivity contribution in [2.45, 2.75) is 0 Å². The minimum Gasteiger partial charge on any atom is -0.423 e. The van der Waals surface area contributed by atoms with E-state index in [0.29, 0.717) is 16.9 Å². The molecule has 0 aliphatic carbocycles. The minimum absolute atomic E-state index is 0.113. The third kappa shape index (κ3) is 6.85. The first-order chi connectivity index (χ1) is 15.4. The van der Waals surface area contributed by atoms with Gasteiger partial charge in [0.2, 0.25) is 0 Å². The van der Waals surface area contributed by atoms with Gasteiger partial charge >= 0.3 is 5.97 Å². The second kappa shape index (κ2) is 11.0. The number of nitrogens with zero attached hydrogens (tertiary/aromatic N) is 1. The Morgan fingerprint density at radius 1 is 0.969 bits per heavy atom. The smallest absolute Gasteiger partial charge is 0.343 e. The summed E-state index contributed by atoms with van der Waals surface area (Å²) in [4.78, 5) is 35.8. The van der Waals surface area contributed by atoms with Crippen molar-refractivity contribution in [3.8, 4) is 5.75 Å². The first-order valence-corrected chi connectivity index (χ1v) is 10.1. The number of carbonyl (C=O) groups is 3. The Kier molecular flexibility index (Phi) is 7.82. The Balaban J connectivity index is 1.45. The summed E-state index contributed by atoms with van der Waals surface area (Å²) in [6, 6.07) is 18.5. The van der Waals surface area contributed by atoms with Gasteiger partial charge in [0.1, 0.15) is 11.6 Å². The van der Waals surface area contributed by atoms with E-state index in [9.17, 15) is 18.8 Å². The predicted octanol–water partition coefficient (Wildman–Crippen LogP) is 3.69. The normalized spacial score (nSPS) is 10.6. The molecule has 0 radical (unpaired) electrons. The van der Waals surface area contributed by atoms with Crippen LogP contribution < -0.4 is 15.5 Å². The lowest BCUT2D eigenvalue weighted by atomic mass is 10.2. The SMILES string of the molecule is O=C(CNC(=O)c1cccc(F)c1)NN=Cc1ccc(OC(=O)c2cccc(Br)c2)cc1. The van der Waals surface area contributed by atoms with Gasteiger partial charge in [-0.2, -0.15) is 5.10 Å². The van der Waals surface area contributed by atoms with E-state index in [0.717, 1.165) is 10.5 Å². The topological polar surface area (TPSA) is 96.9 Å². The van der Waals surface area contributed by atoms with Crippen LogP contribution in [0.4, 0.5) is 4.39 Å². The third-order valence-corrected chi connectivity index (χ3v) is 4.54. The molecule has 3 aromatic rings. The quantitative estimate of drug-likeness (QED) is 0.225. The molecule has 162 valence electrons. The molecule has 2 amide bonds. The number of amides is 2. The third-order valence-electron chi connectivity index (χ3n) is 4.05. The van der Waals surface area contributed by atoms with Crippen molar-refractivity contribution in [3.63, 3.8) is 0 Å². The number of halogens is 2. The number of carbonyl (C=O) groups excluding carboxylic acids is 3. The number of hydrazone groups is 1. The number of benzene rings is 3. The number of nitrogens with one attached hydrogen (secondary N) is 2. The Hall–Kier alpha value is -3.85. The first-order valence-electron chi connectivity index (χ1n) is 9.34. The highest BCUT2D eigenvalue weighted by Crippen LogP contribution is 2.16. The standard InChI is InChI=1S/C23H17BrFN3O4/c24-18-5-1-4-17(11-18)23(31)32-20-9-7-15(8-10-20)13-27-28-21(29)14-26-22(30)16-3-2-6-19(25)12-16/h1-13H,14H2,(H,26,30)(H,28,29). The molecule has 0 saturated carbocycles. The molecule has 0 heterocycles. The summed E-state index contributed by atoms with van der Waals surface area (Å²) in [6.07, 6.45) is 1.40. The molecule has 32 heavy (non-hydrogen) atoms. The second-order valence-corrected chi connectivity index (χ2v) is 7.37. The van der Waals surface area contributed by atoms with Crippen LogP contribution in [0.5, 0.6) is 5.75 Å². The largest absolute Gasteiger partial charge is 0.423 e. The molecular formula is C23H17BrFN3O4. The van der Waals surface area contributed by atoms with Crippen LogP contribution in [0.15, 0.2) is 82.4 Å². The maximum absolute atomic E-state index is 13.1. The fourth-order valence-electron chi connectivity index (χ4n) is 2.51. The lowest BCUT2D eigenvalue weighted by Crippen LogP contribution is -2.34. The van der Waals surface area contributed by atoms with E-state index in [1.165, 1.54) is 24.4 Å². The molecule has 0 aliphatic heterocycles.